The Morgan fingerprint density at radius 1 is 1.75 bits per heavy atom. The van der Waals surface area contributed by atoms with Gasteiger partial charge in [-0.3, -0.25) is 4.89 Å². The molecule has 3 nitrogen and oxygen atoms in total. The summed E-state index contributed by atoms with van der Waals surface area (Å²) in [7, 11) is 0. The highest BCUT2D eigenvalue weighted by molar-refractivity contribution is 6.18. The molecule has 0 aliphatic carbocycles. The van der Waals surface area contributed by atoms with Crippen LogP contribution in [-0.4, -0.2) is 11.8 Å². The average molecular weight is 143 g/mol. The fourth-order valence-electron chi connectivity index (χ4n) is 0.154. The number of hydrogen-bond donors (Lipinski definition) is 0. The van der Waals surface area contributed by atoms with Gasteiger partial charge >= 0.3 is 5.97 Å². The molecule has 0 N–H and O–H groups in total. The summed E-state index contributed by atoms with van der Waals surface area (Å²) in [6.07, 6.45) is -0.0501. The number of hydrogen-bond acceptors (Lipinski definition) is 3. The van der Waals surface area contributed by atoms with Crippen molar-refractivity contribution in [2.75, 3.05) is 5.88 Å². The summed E-state index contributed by atoms with van der Waals surface area (Å²) in [6.45, 7) is 0. The van der Waals surface area contributed by atoms with E-state index in [2.05, 4.69) is 9.98 Å². The highest BCUT2D eigenvalue weighted by Gasteiger charge is 2.00. The zero-order chi connectivity index (χ0) is 6.41. The summed E-state index contributed by atoms with van der Waals surface area (Å²) >= 11 is 5.05. The number of carbonyl (C=O) groups excluding carboxylic acids is 1. The van der Waals surface area contributed by atoms with E-state index in [1.165, 1.54) is 0 Å². The number of halogens is 2. The fourth-order valence-corrected chi connectivity index (χ4v) is 0.308. The summed E-state index contributed by atoms with van der Waals surface area (Å²) in [5.41, 5.74) is 0. The van der Waals surface area contributed by atoms with E-state index in [4.69, 9.17) is 11.6 Å². The molecule has 0 aromatic heterocycles. The van der Waals surface area contributed by atoms with Gasteiger partial charge in [0.15, 0.2) is 0 Å². The molecule has 0 aromatic rings. The molecule has 0 fully saturated rings. The molecule has 0 saturated heterocycles. The Bertz CT molecular complexity index is 68.9. The molecule has 5 heteroatoms. The van der Waals surface area contributed by atoms with Crippen LogP contribution in [0.4, 0.5) is 4.53 Å². The Balaban J connectivity index is 3.06. The van der Waals surface area contributed by atoms with Gasteiger partial charge in [-0.05, 0) is 4.53 Å². The van der Waals surface area contributed by atoms with Gasteiger partial charge in [0.2, 0.25) is 0 Å². The Morgan fingerprint density at radius 3 is 2.75 bits per heavy atom. The first-order valence-corrected chi connectivity index (χ1v) is 2.38. The molecule has 0 atom stereocenters. The first-order chi connectivity index (χ1) is 3.81. The molecular formula is C3H4ClFO3. The smallest absolute Gasteiger partial charge is 0.265 e. The number of rotatable bonds is 3. The second-order valence-corrected chi connectivity index (χ2v) is 1.34. The predicted molar refractivity (Wildman–Crippen MR) is 23.6 cm³/mol. The molecule has 0 heterocycles. The molecule has 0 unspecified atom stereocenters. The summed E-state index contributed by atoms with van der Waals surface area (Å²) < 4.78 is 10.6. The lowest BCUT2D eigenvalue weighted by Gasteiger charge is -1.89. The van der Waals surface area contributed by atoms with Crippen molar-refractivity contribution in [2.24, 2.45) is 0 Å². The maximum absolute atomic E-state index is 10.6. The molecule has 0 rings (SSSR count). The fraction of sp³-hybridized carbons (Fsp3) is 0.667. The van der Waals surface area contributed by atoms with Crippen LogP contribution >= 0.6 is 11.6 Å². The van der Waals surface area contributed by atoms with E-state index in [9.17, 15) is 9.32 Å². The molecule has 0 aliphatic rings. The molecule has 0 amide bonds. The second-order valence-electron chi connectivity index (χ2n) is 0.957. The Hall–Kier alpha value is -0.350. The third-order valence-electron chi connectivity index (χ3n) is 0.423. The van der Waals surface area contributed by atoms with E-state index in [1.54, 1.807) is 0 Å². The molecular weight excluding hydrogens is 138 g/mol. The lowest BCUT2D eigenvalue weighted by molar-refractivity contribution is -0.398. The first-order valence-electron chi connectivity index (χ1n) is 1.85. The molecule has 0 saturated carbocycles. The van der Waals surface area contributed by atoms with Crippen LogP contribution in [0.2, 0.25) is 0 Å². The van der Waals surface area contributed by atoms with Crippen molar-refractivity contribution >= 4 is 17.6 Å². The van der Waals surface area contributed by atoms with E-state index in [-0.39, 0.29) is 12.3 Å². The summed E-state index contributed by atoms with van der Waals surface area (Å²) in [5, 5.41) is 2.55. The third kappa shape index (κ3) is 3.83. The average Bonchev–Trinajstić information content (AvgIpc) is 1.68. The Morgan fingerprint density at radius 2 is 2.38 bits per heavy atom. The summed E-state index contributed by atoms with van der Waals surface area (Å²) in [5.74, 6) is -0.718. The van der Waals surface area contributed by atoms with Crippen LogP contribution in [-0.2, 0) is 14.8 Å². The van der Waals surface area contributed by atoms with Gasteiger partial charge in [-0.1, -0.05) is 0 Å². The molecule has 0 aliphatic heterocycles. The van der Waals surface area contributed by atoms with Gasteiger partial charge in [-0.15, -0.1) is 11.6 Å². The van der Waals surface area contributed by atoms with Gasteiger partial charge in [-0.25, -0.2) is 4.79 Å². The first kappa shape index (κ1) is 7.65. The third-order valence-corrected chi connectivity index (χ3v) is 0.612. The normalized spacial score (nSPS) is 8.75. The maximum Gasteiger partial charge on any atom is 0.347 e. The molecule has 0 spiro atoms. The van der Waals surface area contributed by atoms with E-state index in [1.807, 2.05) is 0 Å². The minimum absolute atomic E-state index is 0.0501. The molecule has 0 bridgehead atoms. The highest BCUT2D eigenvalue weighted by Crippen LogP contribution is 1.89. The minimum Gasteiger partial charge on any atom is -0.265 e. The van der Waals surface area contributed by atoms with Crippen molar-refractivity contribution in [1.82, 2.24) is 0 Å². The van der Waals surface area contributed by atoms with Crippen LogP contribution < -0.4 is 0 Å². The Kier molecular flexibility index (Phi) is 4.59. The van der Waals surface area contributed by atoms with E-state index < -0.39 is 5.97 Å². The molecule has 0 aromatic carbocycles. The van der Waals surface area contributed by atoms with Crippen LogP contribution in [0.25, 0.3) is 0 Å². The molecule has 0 radical (unpaired) electrons. The monoisotopic (exact) mass is 142 g/mol. The number of alkyl halides is 1. The molecule has 8 heavy (non-hydrogen) atoms. The van der Waals surface area contributed by atoms with E-state index in [0.29, 0.717) is 0 Å². The summed E-state index contributed by atoms with van der Waals surface area (Å²) in [6, 6.07) is 0. The van der Waals surface area contributed by atoms with Crippen LogP contribution in [0.15, 0.2) is 0 Å². The second kappa shape index (κ2) is 4.80. The van der Waals surface area contributed by atoms with Gasteiger partial charge in [-0.2, -0.15) is 0 Å². The topological polar surface area (TPSA) is 35.5 Å². The zero-order valence-electron chi connectivity index (χ0n) is 3.89. The van der Waals surface area contributed by atoms with Crippen molar-refractivity contribution in [2.45, 2.75) is 6.42 Å². The molecule has 48 valence electrons. The van der Waals surface area contributed by atoms with Crippen molar-refractivity contribution in [1.29, 1.82) is 0 Å². The SMILES string of the molecule is O=C(CCCl)OOF. The van der Waals surface area contributed by atoms with Gasteiger partial charge in [0.05, 0.1) is 6.42 Å². The van der Waals surface area contributed by atoms with Gasteiger partial charge in [0.1, 0.15) is 0 Å². The van der Waals surface area contributed by atoms with Crippen molar-refractivity contribution in [3.05, 3.63) is 0 Å². The lowest BCUT2D eigenvalue weighted by Crippen LogP contribution is -2.01. The van der Waals surface area contributed by atoms with E-state index >= 15 is 0 Å². The standard InChI is InChI=1S/C3H4ClFO3/c4-2-1-3(6)7-8-5/h1-2H2. The van der Waals surface area contributed by atoms with Crippen LogP contribution in [0.1, 0.15) is 6.42 Å². The van der Waals surface area contributed by atoms with Gasteiger partial charge < -0.3 is 0 Å². The van der Waals surface area contributed by atoms with Crippen molar-refractivity contribution in [3.63, 3.8) is 0 Å². The Labute approximate surface area is 50.2 Å². The highest BCUT2D eigenvalue weighted by atomic mass is 35.5. The summed E-state index contributed by atoms with van der Waals surface area (Å²) in [4.78, 5) is 13.4. The van der Waals surface area contributed by atoms with E-state index in [0.717, 1.165) is 0 Å². The largest absolute Gasteiger partial charge is 0.347 e. The van der Waals surface area contributed by atoms with Crippen LogP contribution in [0.3, 0.4) is 0 Å². The maximum atomic E-state index is 10.6. The van der Waals surface area contributed by atoms with Crippen molar-refractivity contribution < 1.29 is 19.3 Å². The van der Waals surface area contributed by atoms with Gasteiger partial charge in [0, 0.05) is 11.0 Å². The predicted octanol–water partition coefficient (Wildman–Crippen LogP) is 0.975. The van der Waals surface area contributed by atoms with Crippen molar-refractivity contribution in [3.8, 4) is 0 Å². The quantitative estimate of drug-likeness (QED) is 0.335. The minimum atomic E-state index is -0.817. The zero-order valence-corrected chi connectivity index (χ0v) is 4.65. The van der Waals surface area contributed by atoms with Crippen LogP contribution in [0.5, 0.6) is 0 Å². The van der Waals surface area contributed by atoms with Crippen LogP contribution in [0, 0.1) is 0 Å². The lowest BCUT2D eigenvalue weighted by atomic mass is 10.5. The number of carbonyl (C=O) groups is 1. The van der Waals surface area contributed by atoms with Gasteiger partial charge in [0.25, 0.3) is 0 Å².